The van der Waals surface area contributed by atoms with Gasteiger partial charge in [-0.1, -0.05) is 34.1 Å². The van der Waals surface area contributed by atoms with Crippen LogP contribution in [0.15, 0.2) is 28.7 Å². The molecular weight excluding hydrogens is 262 g/mol. The Bertz CT molecular complexity index is 380. The second-order valence-electron chi connectivity index (χ2n) is 5.33. The van der Waals surface area contributed by atoms with Crippen molar-refractivity contribution < 1.29 is 0 Å². The first-order valence-electron chi connectivity index (χ1n) is 6.24. The Labute approximate surface area is 106 Å². The van der Waals surface area contributed by atoms with E-state index in [9.17, 15) is 0 Å². The third-order valence-corrected chi connectivity index (χ3v) is 4.86. The molecule has 0 amide bonds. The minimum Gasteiger partial charge on any atom is -0.312 e. The molecule has 16 heavy (non-hydrogen) atoms. The molecule has 0 heterocycles. The molecular formula is C14H18BrN. The van der Waals surface area contributed by atoms with Gasteiger partial charge in [0.25, 0.3) is 0 Å². The Morgan fingerprint density at radius 3 is 2.62 bits per heavy atom. The van der Waals surface area contributed by atoms with Crippen molar-refractivity contribution in [3.63, 3.8) is 0 Å². The maximum Gasteiger partial charge on any atom is 0.0220 e. The van der Waals surface area contributed by atoms with Gasteiger partial charge >= 0.3 is 0 Å². The summed E-state index contributed by atoms with van der Waals surface area (Å²) >= 11 is 3.59. The van der Waals surface area contributed by atoms with Gasteiger partial charge in [0.15, 0.2) is 0 Å². The highest BCUT2D eigenvalue weighted by Gasteiger charge is 2.53. The summed E-state index contributed by atoms with van der Waals surface area (Å²) in [7, 11) is 0. The monoisotopic (exact) mass is 279 g/mol. The SMILES string of the molecule is Brc1ccccc1CNCC1(C2CC2)CC1. The van der Waals surface area contributed by atoms with Gasteiger partial charge in [-0.2, -0.15) is 0 Å². The second-order valence-corrected chi connectivity index (χ2v) is 6.19. The average Bonchev–Trinajstić information content (AvgIpc) is 3.15. The van der Waals surface area contributed by atoms with E-state index >= 15 is 0 Å². The Morgan fingerprint density at radius 2 is 2.00 bits per heavy atom. The molecule has 0 atom stereocenters. The van der Waals surface area contributed by atoms with Crippen molar-refractivity contribution in [1.29, 1.82) is 0 Å². The van der Waals surface area contributed by atoms with Crippen LogP contribution >= 0.6 is 15.9 Å². The zero-order valence-electron chi connectivity index (χ0n) is 9.51. The van der Waals surface area contributed by atoms with Crippen LogP contribution in [-0.2, 0) is 6.54 Å². The summed E-state index contributed by atoms with van der Waals surface area (Å²) in [6.45, 7) is 2.22. The molecule has 0 bridgehead atoms. The quantitative estimate of drug-likeness (QED) is 0.866. The lowest BCUT2D eigenvalue weighted by molar-refractivity contribution is 0.403. The van der Waals surface area contributed by atoms with Crippen LogP contribution in [0.1, 0.15) is 31.2 Å². The Kier molecular flexibility index (Phi) is 2.80. The van der Waals surface area contributed by atoms with E-state index in [-0.39, 0.29) is 0 Å². The van der Waals surface area contributed by atoms with Gasteiger partial charge in [-0.15, -0.1) is 0 Å². The van der Waals surface area contributed by atoms with Gasteiger partial charge in [-0.25, -0.2) is 0 Å². The van der Waals surface area contributed by atoms with Crippen LogP contribution < -0.4 is 5.32 Å². The summed E-state index contributed by atoms with van der Waals surface area (Å²) in [6, 6.07) is 8.48. The maximum absolute atomic E-state index is 3.64. The molecule has 2 fully saturated rings. The van der Waals surface area contributed by atoms with E-state index in [1.807, 2.05) is 0 Å². The highest BCUT2D eigenvalue weighted by atomic mass is 79.9. The second kappa shape index (κ2) is 4.15. The van der Waals surface area contributed by atoms with E-state index in [1.165, 1.54) is 42.3 Å². The number of hydrogen-bond donors (Lipinski definition) is 1. The molecule has 2 saturated carbocycles. The molecule has 0 spiro atoms. The van der Waals surface area contributed by atoms with Gasteiger partial charge in [-0.3, -0.25) is 0 Å². The van der Waals surface area contributed by atoms with Crippen molar-refractivity contribution in [3.8, 4) is 0 Å². The summed E-state index contributed by atoms with van der Waals surface area (Å²) in [6.07, 6.45) is 5.88. The Morgan fingerprint density at radius 1 is 1.25 bits per heavy atom. The van der Waals surface area contributed by atoms with E-state index in [0.717, 1.165) is 12.5 Å². The predicted octanol–water partition coefficient (Wildman–Crippen LogP) is 3.73. The summed E-state index contributed by atoms with van der Waals surface area (Å²) < 4.78 is 1.22. The summed E-state index contributed by atoms with van der Waals surface area (Å²) in [5, 5.41) is 3.64. The van der Waals surface area contributed by atoms with Crippen molar-refractivity contribution in [1.82, 2.24) is 5.32 Å². The van der Waals surface area contributed by atoms with Crippen LogP contribution in [0.5, 0.6) is 0 Å². The molecule has 2 aliphatic rings. The summed E-state index contributed by atoms with van der Waals surface area (Å²) in [5.41, 5.74) is 2.08. The fourth-order valence-corrected chi connectivity index (χ4v) is 3.10. The molecule has 1 N–H and O–H groups in total. The van der Waals surface area contributed by atoms with Gasteiger partial charge in [0.05, 0.1) is 0 Å². The first kappa shape index (κ1) is 10.8. The zero-order valence-corrected chi connectivity index (χ0v) is 11.1. The van der Waals surface area contributed by atoms with Crippen LogP contribution in [0.2, 0.25) is 0 Å². The first-order valence-corrected chi connectivity index (χ1v) is 7.04. The number of nitrogens with one attached hydrogen (secondary N) is 1. The van der Waals surface area contributed by atoms with Gasteiger partial charge in [0.1, 0.15) is 0 Å². The van der Waals surface area contributed by atoms with Crippen molar-refractivity contribution in [3.05, 3.63) is 34.3 Å². The number of hydrogen-bond acceptors (Lipinski definition) is 1. The maximum atomic E-state index is 3.64. The molecule has 0 unspecified atom stereocenters. The molecule has 0 saturated heterocycles. The van der Waals surface area contributed by atoms with Gasteiger partial charge in [0.2, 0.25) is 0 Å². The van der Waals surface area contributed by atoms with E-state index in [4.69, 9.17) is 0 Å². The van der Waals surface area contributed by atoms with Gasteiger partial charge < -0.3 is 5.32 Å². The normalized spacial score (nSPS) is 22.1. The van der Waals surface area contributed by atoms with E-state index < -0.39 is 0 Å². The van der Waals surface area contributed by atoms with Crippen LogP contribution in [0.3, 0.4) is 0 Å². The minimum atomic E-state index is 0.710. The van der Waals surface area contributed by atoms with E-state index in [0.29, 0.717) is 5.41 Å². The smallest absolute Gasteiger partial charge is 0.0220 e. The molecule has 1 aromatic carbocycles. The van der Waals surface area contributed by atoms with Crippen molar-refractivity contribution in [2.45, 2.75) is 32.2 Å². The topological polar surface area (TPSA) is 12.0 Å². The zero-order chi connectivity index (χ0) is 11.0. The summed E-state index contributed by atoms with van der Waals surface area (Å²) in [4.78, 5) is 0. The fourth-order valence-electron chi connectivity index (χ4n) is 2.67. The van der Waals surface area contributed by atoms with Crippen LogP contribution in [0, 0.1) is 11.3 Å². The van der Waals surface area contributed by atoms with Crippen molar-refractivity contribution in [2.24, 2.45) is 11.3 Å². The Balaban J connectivity index is 1.52. The lowest BCUT2D eigenvalue weighted by atomic mass is 10.0. The van der Waals surface area contributed by atoms with E-state index in [1.54, 1.807) is 0 Å². The number of halogens is 1. The van der Waals surface area contributed by atoms with Gasteiger partial charge in [0, 0.05) is 17.6 Å². The first-order chi connectivity index (χ1) is 7.80. The van der Waals surface area contributed by atoms with Gasteiger partial charge in [-0.05, 0) is 48.6 Å². The number of rotatable bonds is 5. The average molecular weight is 280 g/mol. The molecule has 86 valence electrons. The predicted molar refractivity (Wildman–Crippen MR) is 70.2 cm³/mol. The lowest BCUT2D eigenvalue weighted by Crippen LogP contribution is -2.25. The molecule has 3 rings (SSSR count). The fraction of sp³-hybridized carbons (Fsp3) is 0.571. The molecule has 1 nitrogen and oxygen atoms in total. The van der Waals surface area contributed by atoms with Crippen LogP contribution in [0.4, 0.5) is 0 Å². The third-order valence-electron chi connectivity index (χ3n) is 4.09. The minimum absolute atomic E-state index is 0.710. The van der Waals surface area contributed by atoms with Crippen molar-refractivity contribution in [2.75, 3.05) is 6.54 Å². The molecule has 2 aliphatic carbocycles. The van der Waals surface area contributed by atoms with Crippen molar-refractivity contribution >= 4 is 15.9 Å². The van der Waals surface area contributed by atoms with Crippen LogP contribution in [-0.4, -0.2) is 6.54 Å². The Hall–Kier alpha value is -0.340. The third kappa shape index (κ3) is 2.18. The number of benzene rings is 1. The molecule has 1 aromatic rings. The highest BCUT2D eigenvalue weighted by Crippen LogP contribution is 2.60. The standard InChI is InChI=1S/C14H18BrN/c15-13-4-2-1-3-11(13)9-16-10-14(7-8-14)12-5-6-12/h1-4,12,16H,5-10H2. The van der Waals surface area contributed by atoms with Crippen LogP contribution in [0.25, 0.3) is 0 Å². The molecule has 0 aliphatic heterocycles. The highest BCUT2D eigenvalue weighted by molar-refractivity contribution is 9.10. The molecule has 2 heteroatoms. The largest absolute Gasteiger partial charge is 0.312 e. The molecule has 0 radical (unpaired) electrons. The lowest BCUT2D eigenvalue weighted by Gasteiger charge is -2.15. The summed E-state index contributed by atoms with van der Waals surface area (Å²) in [5.74, 6) is 1.05. The molecule has 0 aromatic heterocycles. The van der Waals surface area contributed by atoms with E-state index in [2.05, 4.69) is 45.5 Å².